The van der Waals surface area contributed by atoms with Crippen molar-refractivity contribution in [3.63, 3.8) is 0 Å². The first kappa shape index (κ1) is 18.7. The molecule has 0 aliphatic heterocycles. The first-order chi connectivity index (χ1) is 12.7. The molecule has 0 spiro atoms. The molecule has 3 rings (SSSR count). The average Bonchev–Trinajstić information content (AvgIpc) is 2.66. The van der Waals surface area contributed by atoms with Gasteiger partial charge in [0.05, 0.1) is 6.61 Å². The molecule has 26 heavy (non-hydrogen) atoms. The molecule has 0 saturated carbocycles. The highest BCUT2D eigenvalue weighted by molar-refractivity contribution is 5.40. The fourth-order valence-corrected chi connectivity index (χ4v) is 3.78. The highest BCUT2D eigenvalue weighted by Crippen LogP contribution is 2.35. The second-order valence-electron chi connectivity index (χ2n) is 7.26. The molecule has 138 valence electrons. The molecular formula is C24H29FO. The van der Waals surface area contributed by atoms with Crippen LogP contribution in [0.2, 0.25) is 0 Å². The molecule has 2 aromatic carbocycles. The van der Waals surface area contributed by atoms with Crippen LogP contribution in [0.4, 0.5) is 4.39 Å². The molecule has 2 heteroatoms. The highest BCUT2D eigenvalue weighted by atomic mass is 19.1. The van der Waals surface area contributed by atoms with Crippen LogP contribution in [-0.2, 0) is 19.3 Å². The van der Waals surface area contributed by atoms with Crippen LogP contribution in [-0.4, -0.2) is 6.61 Å². The number of ether oxygens (including phenoxy) is 1. The van der Waals surface area contributed by atoms with Crippen LogP contribution in [0.15, 0.2) is 49.1 Å². The monoisotopic (exact) mass is 352 g/mol. The van der Waals surface area contributed by atoms with E-state index in [0.29, 0.717) is 6.61 Å². The van der Waals surface area contributed by atoms with Crippen molar-refractivity contribution in [2.75, 3.05) is 6.61 Å². The molecule has 1 nitrogen and oxygen atoms in total. The third kappa shape index (κ3) is 4.55. The Balaban J connectivity index is 1.69. The summed E-state index contributed by atoms with van der Waals surface area (Å²) in [6.45, 7) is 6.55. The summed E-state index contributed by atoms with van der Waals surface area (Å²) in [4.78, 5) is 0. The van der Waals surface area contributed by atoms with Crippen molar-refractivity contribution in [1.82, 2.24) is 0 Å². The van der Waals surface area contributed by atoms with E-state index in [-0.39, 0.29) is 11.7 Å². The SMILES string of the molecule is C=CCCOc1ccc2c(c1)CCC(c1ccc(CCCC)cc1F)C2. The first-order valence-electron chi connectivity index (χ1n) is 9.85. The van der Waals surface area contributed by atoms with E-state index < -0.39 is 0 Å². The molecule has 2 aromatic rings. The maximum atomic E-state index is 14.6. The second kappa shape index (κ2) is 9.02. The van der Waals surface area contributed by atoms with Gasteiger partial charge in [-0.25, -0.2) is 4.39 Å². The number of unbranched alkanes of at least 4 members (excludes halogenated alkanes) is 1. The van der Waals surface area contributed by atoms with E-state index in [1.165, 1.54) is 11.1 Å². The predicted molar refractivity (Wildman–Crippen MR) is 107 cm³/mol. The van der Waals surface area contributed by atoms with Crippen LogP contribution in [0.3, 0.4) is 0 Å². The zero-order chi connectivity index (χ0) is 18.4. The molecule has 0 N–H and O–H groups in total. The molecule has 0 bridgehead atoms. The lowest BCUT2D eigenvalue weighted by molar-refractivity contribution is 0.324. The van der Waals surface area contributed by atoms with Crippen molar-refractivity contribution in [1.29, 1.82) is 0 Å². The summed E-state index contributed by atoms with van der Waals surface area (Å²) in [5, 5.41) is 0. The molecule has 0 fully saturated rings. The van der Waals surface area contributed by atoms with E-state index in [0.717, 1.165) is 61.8 Å². The fraction of sp³-hybridized carbons (Fsp3) is 0.417. The zero-order valence-electron chi connectivity index (χ0n) is 15.8. The van der Waals surface area contributed by atoms with Gasteiger partial charge in [0.25, 0.3) is 0 Å². The third-order valence-electron chi connectivity index (χ3n) is 5.32. The van der Waals surface area contributed by atoms with Gasteiger partial charge in [0.1, 0.15) is 11.6 Å². The molecule has 0 heterocycles. The molecule has 0 amide bonds. The van der Waals surface area contributed by atoms with Gasteiger partial charge in [-0.15, -0.1) is 6.58 Å². The predicted octanol–water partition coefficient (Wildman–Crippen LogP) is 6.40. The van der Waals surface area contributed by atoms with Gasteiger partial charge in [-0.3, -0.25) is 0 Å². The Morgan fingerprint density at radius 3 is 2.85 bits per heavy atom. The van der Waals surface area contributed by atoms with Crippen molar-refractivity contribution >= 4 is 0 Å². The van der Waals surface area contributed by atoms with Crippen LogP contribution in [0.5, 0.6) is 5.75 Å². The number of aryl methyl sites for hydroxylation is 2. The summed E-state index contributed by atoms with van der Waals surface area (Å²) in [6, 6.07) is 12.2. The molecule has 1 aliphatic carbocycles. The lowest BCUT2D eigenvalue weighted by Gasteiger charge is -2.26. The number of hydrogen-bond donors (Lipinski definition) is 0. The largest absolute Gasteiger partial charge is 0.493 e. The topological polar surface area (TPSA) is 9.23 Å². The Bertz CT molecular complexity index is 750. The summed E-state index contributed by atoms with van der Waals surface area (Å²) in [5.41, 5.74) is 4.66. The van der Waals surface area contributed by atoms with E-state index >= 15 is 0 Å². The van der Waals surface area contributed by atoms with Gasteiger partial charge < -0.3 is 4.74 Å². The van der Waals surface area contributed by atoms with Crippen LogP contribution in [0.25, 0.3) is 0 Å². The van der Waals surface area contributed by atoms with E-state index in [2.05, 4.69) is 31.7 Å². The van der Waals surface area contributed by atoms with Crippen molar-refractivity contribution in [3.05, 3.63) is 77.1 Å². The molecule has 0 radical (unpaired) electrons. The van der Waals surface area contributed by atoms with Gasteiger partial charge in [0, 0.05) is 0 Å². The second-order valence-corrected chi connectivity index (χ2v) is 7.26. The number of hydrogen-bond acceptors (Lipinski definition) is 1. The Morgan fingerprint density at radius 1 is 1.19 bits per heavy atom. The van der Waals surface area contributed by atoms with Gasteiger partial charge >= 0.3 is 0 Å². The number of benzene rings is 2. The standard InChI is InChI=1S/C24H29FO/c1-3-5-7-18-8-13-23(24(25)15-18)21-10-9-20-17-22(26-14-6-4-2)12-11-19(20)16-21/h4,8,11-13,15,17,21H,2-3,5-7,9-10,14,16H2,1H3. The van der Waals surface area contributed by atoms with Gasteiger partial charge in [0.15, 0.2) is 0 Å². The summed E-state index contributed by atoms with van der Waals surface area (Å²) in [6.07, 6.45) is 8.83. The van der Waals surface area contributed by atoms with E-state index in [1.807, 2.05) is 18.2 Å². The third-order valence-corrected chi connectivity index (χ3v) is 5.32. The Morgan fingerprint density at radius 2 is 2.08 bits per heavy atom. The minimum atomic E-state index is -0.0311. The fourth-order valence-electron chi connectivity index (χ4n) is 3.78. The molecule has 1 atom stereocenters. The van der Waals surface area contributed by atoms with Gasteiger partial charge in [-0.05, 0) is 84.9 Å². The van der Waals surface area contributed by atoms with E-state index in [4.69, 9.17) is 4.74 Å². The normalized spacial score (nSPS) is 16.2. The van der Waals surface area contributed by atoms with E-state index in [1.54, 1.807) is 6.07 Å². The Labute approximate surface area is 156 Å². The van der Waals surface area contributed by atoms with E-state index in [9.17, 15) is 4.39 Å². The summed E-state index contributed by atoms with van der Waals surface area (Å²) in [5.74, 6) is 1.17. The van der Waals surface area contributed by atoms with Crippen molar-refractivity contribution in [2.45, 2.75) is 57.8 Å². The minimum absolute atomic E-state index is 0.0311. The van der Waals surface area contributed by atoms with Gasteiger partial charge in [0.2, 0.25) is 0 Å². The summed E-state index contributed by atoms with van der Waals surface area (Å²) in [7, 11) is 0. The van der Waals surface area contributed by atoms with Crippen molar-refractivity contribution in [2.24, 2.45) is 0 Å². The Kier molecular flexibility index (Phi) is 6.49. The minimum Gasteiger partial charge on any atom is -0.493 e. The average molecular weight is 352 g/mol. The van der Waals surface area contributed by atoms with Crippen LogP contribution < -0.4 is 4.74 Å². The number of rotatable bonds is 8. The molecule has 1 aliphatic rings. The van der Waals surface area contributed by atoms with Crippen LogP contribution in [0, 0.1) is 5.82 Å². The number of halogens is 1. The highest BCUT2D eigenvalue weighted by Gasteiger charge is 2.23. The molecule has 1 unspecified atom stereocenters. The maximum absolute atomic E-state index is 14.6. The lowest BCUT2D eigenvalue weighted by Crippen LogP contribution is -2.14. The first-order valence-corrected chi connectivity index (χ1v) is 9.85. The lowest BCUT2D eigenvalue weighted by atomic mass is 9.79. The summed E-state index contributed by atoms with van der Waals surface area (Å²) < 4.78 is 20.4. The zero-order valence-corrected chi connectivity index (χ0v) is 15.8. The maximum Gasteiger partial charge on any atom is 0.126 e. The van der Waals surface area contributed by atoms with Gasteiger partial charge in [-0.1, -0.05) is 37.6 Å². The van der Waals surface area contributed by atoms with Gasteiger partial charge in [-0.2, -0.15) is 0 Å². The molecule has 0 aromatic heterocycles. The van der Waals surface area contributed by atoms with Crippen LogP contribution >= 0.6 is 0 Å². The summed E-state index contributed by atoms with van der Waals surface area (Å²) >= 11 is 0. The van der Waals surface area contributed by atoms with Crippen molar-refractivity contribution in [3.8, 4) is 5.75 Å². The quantitative estimate of drug-likeness (QED) is 0.395. The molecular weight excluding hydrogens is 323 g/mol. The number of fused-ring (bicyclic) bond motifs is 1. The molecule has 0 saturated heterocycles. The Hall–Kier alpha value is -2.09. The smallest absolute Gasteiger partial charge is 0.126 e. The van der Waals surface area contributed by atoms with Crippen molar-refractivity contribution < 1.29 is 9.13 Å². The van der Waals surface area contributed by atoms with Crippen LogP contribution in [0.1, 0.15) is 60.8 Å².